The summed E-state index contributed by atoms with van der Waals surface area (Å²) in [7, 11) is 1.56. The van der Waals surface area contributed by atoms with Crippen LogP contribution < -0.4 is 10.1 Å². The Morgan fingerprint density at radius 3 is 2.33 bits per heavy atom. The molecule has 0 atom stereocenters. The first-order valence-corrected chi connectivity index (χ1v) is 6.63. The fourth-order valence-electron chi connectivity index (χ4n) is 1.93. The average molecular weight is 283 g/mol. The number of carbonyl (C=O) groups is 2. The summed E-state index contributed by atoms with van der Waals surface area (Å²) in [5.41, 5.74) is 2.18. The zero-order valence-electron chi connectivity index (χ0n) is 12.1. The van der Waals surface area contributed by atoms with Crippen LogP contribution in [0.2, 0.25) is 0 Å². The largest absolute Gasteiger partial charge is 0.497 e. The van der Waals surface area contributed by atoms with Gasteiger partial charge >= 0.3 is 0 Å². The van der Waals surface area contributed by atoms with E-state index in [-0.39, 0.29) is 18.1 Å². The molecule has 21 heavy (non-hydrogen) atoms. The number of rotatable bonds is 5. The normalized spacial score (nSPS) is 10.0. The van der Waals surface area contributed by atoms with Crippen LogP contribution in [0.15, 0.2) is 48.5 Å². The Morgan fingerprint density at radius 2 is 1.71 bits per heavy atom. The second kappa shape index (κ2) is 6.70. The maximum Gasteiger partial charge on any atom is 0.232 e. The minimum absolute atomic E-state index is 0.180. The van der Waals surface area contributed by atoms with E-state index in [1.807, 2.05) is 31.2 Å². The molecule has 0 saturated carbocycles. The van der Waals surface area contributed by atoms with E-state index in [4.69, 9.17) is 4.74 Å². The second-order valence-electron chi connectivity index (χ2n) is 4.69. The fourth-order valence-corrected chi connectivity index (χ4v) is 1.93. The van der Waals surface area contributed by atoms with Crippen molar-refractivity contribution in [3.8, 4) is 5.75 Å². The molecule has 1 N–H and O–H groups in total. The van der Waals surface area contributed by atoms with E-state index >= 15 is 0 Å². The summed E-state index contributed by atoms with van der Waals surface area (Å²) in [6.45, 7) is 1.90. The van der Waals surface area contributed by atoms with E-state index < -0.39 is 0 Å². The minimum Gasteiger partial charge on any atom is -0.497 e. The van der Waals surface area contributed by atoms with Crippen molar-refractivity contribution in [2.24, 2.45) is 0 Å². The van der Waals surface area contributed by atoms with Gasteiger partial charge in [0.05, 0.1) is 13.5 Å². The average Bonchev–Trinajstić information content (AvgIpc) is 2.49. The predicted molar refractivity (Wildman–Crippen MR) is 81.8 cm³/mol. The van der Waals surface area contributed by atoms with E-state index in [0.717, 1.165) is 11.3 Å². The number of para-hydroxylation sites is 1. The van der Waals surface area contributed by atoms with E-state index in [0.29, 0.717) is 11.3 Å². The van der Waals surface area contributed by atoms with Gasteiger partial charge in [0.25, 0.3) is 0 Å². The molecule has 0 radical (unpaired) electrons. The Bertz CT molecular complexity index is 647. The Hall–Kier alpha value is -2.62. The standard InChI is InChI=1S/C17H17NO3/c1-12-5-3-4-6-15(12)18-17(20)11-16(19)13-7-9-14(21-2)10-8-13/h3-10H,11H2,1-2H3,(H,18,20). The molecule has 0 aliphatic heterocycles. The monoisotopic (exact) mass is 283 g/mol. The molecule has 0 unspecified atom stereocenters. The number of ether oxygens (including phenoxy) is 1. The molecule has 0 aliphatic carbocycles. The number of Topliss-reactive ketones (excluding diaryl/α,β-unsaturated/α-hetero) is 1. The van der Waals surface area contributed by atoms with Gasteiger partial charge in [0.1, 0.15) is 5.75 Å². The molecule has 108 valence electrons. The van der Waals surface area contributed by atoms with Crippen LogP contribution in [-0.2, 0) is 4.79 Å². The van der Waals surface area contributed by atoms with Gasteiger partial charge < -0.3 is 10.1 Å². The summed E-state index contributed by atoms with van der Waals surface area (Å²) >= 11 is 0. The third-order valence-electron chi connectivity index (χ3n) is 3.15. The number of hydrogen-bond acceptors (Lipinski definition) is 3. The van der Waals surface area contributed by atoms with Crippen LogP contribution in [0.3, 0.4) is 0 Å². The molecule has 4 nitrogen and oxygen atoms in total. The lowest BCUT2D eigenvalue weighted by molar-refractivity contribution is -0.115. The molecule has 0 spiro atoms. The number of methoxy groups -OCH3 is 1. The Morgan fingerprint density at radius 1 is 1.05 bits per heavy atom. The van der Waals surface area contributed by atoms with Crippen molar-refractivity contribution >= 4 is 17.4 Å². The number of nitrogens with one attached hydrogen (secondary N) is 1. The number of anilines is 1. The molecule has 2 aromatic carbocycles. The van der Waals surface area contributed by atoms with Gasteiger partial charge in [-0.3, -0.25) is 9.59 Å². The van der Waals surface area contributed by atoms with Gasteiger partial charge in [-0.2, -0.15) is 0 Å². The zero-order chi connectivity index (χ0) is 15.2. The quantitative estimate of drug-likeness (QED) is 0.677. The summed E-state index contributed by atoms with van der Waals surface area (Å²) in [6, 6.07) is 14.2. The van der Waals surface area contributed by atoms with Crippen molar-refractivity contribution in [3.63, 3.8) is 0 Å². The first-order chi connectivity index (χ1) is 10.1. The maximum absolute atomic E-state index is 12.0. The van der Waals surface area contributed by atoms with Crippen LogP contribution >= 0.6 is 0 Å². The third kappa shape index (κ3) is 3.92. The highest BCUT2D eigenvalue weighted by atomic mass is 16.5. The lowest BCUT2D eigenvalue weighted by Gasteiger charge is -2.08. The number of benzene rings is 2. The van der Waals surface area contributed by atoms with E-state index in [1.54, 1.807) is 31.4 Å². The van der Waals surface area contributed by atoms with Crippen LogP contribution in [0.5, 0.6) is 5.75 Å². The van der Waals surface area contributed by atoms with Crippen LogP contribution in [-0.4, -0.2) is 18.8 Å². The zero-order valence-corrected chi connectivity index (χ0v) is 12.1. The number of carbonyl (C=O) groups excluding carboxylic acids is 2. The highest BCUT2D eigenvalue weighted by Crippen LogP contribution is 2.15. The highest BCUT2D eigenvalue weighted by molar-refractivity contribution is 6.11. The molecule has 4 heteroatoms. The van der Waals surface area contributed by atoms with Gasteiger partial charge in [0.2, 0.25) is 5.91 Å². The Kier molecular flexibility index (Phi) is 4.72. The molecule has 0 saturated heterocycles. The summed E-state index contributed by atoms with van der Waals surface area (Å²) in [4.78, 5) is 23.9. The smallest absolute Gasteiger partial charge is 0.232 e. The summed E-state index contributed by atoms with van der Waals surface area (Å²) in [6.07, 6.45) is -0.180. The van der Waals surface area contributed by atoms with Crippen molar-refractivity contribution in [1.82, 2.24) is 0 Å². The SMILES string of the molecule is COc1ccc(C(=O)CC(=O)Nc2ccccc2C)cc1. The van der Waals surface area contributed by atoms with Crippen molar-refractivity contribution in [2.45, 2.75) is 13.3 Å². The van der Waals surface area contributed by atoms with Gasteiger partial charge in [-0.15, -0.1) is 0 Å². The van der Waals surface area contributed by atoms with Gasteiger partial charge in [0, 0.05) is 11.3 Å². The molecule has 0 heterocycles. The second-order valence-corrected chi connectivity index (χ2v) is 4.69. The summed E-state index contributed by atoms with van der Waals surface area (Å²) in [5.74, 6) is 0.143. The van der Waals surface area contributed by atoms with E-state index in [9.17, 15) is 9.59 Å². The molecule has 0 fully saturated rings. The molecule has 0 aromatic heterocycles. The van der Waals surface area contributed by atoms with E-state index in [1.165, 1.54) is 0 Å². The summed E-state index contributed by atoms with van der Waals surface area (Å²) in [5, 5.41) is 2.75. The van der Waals surface area contributed by atoms with Crippen LogP contribution in [0, 0.1) is 6.92 Å². The molecule has 2 aromatic rings. The third-order valence-corrected chi connectivity index (χ3v) is 3.15. The first-order valence-electron chi connectivity index (χ1n) is 6.63. The maximum atomic E-state index is 12.0. The van der Waals surface area contributed by atoms with Crippen molar-refractivity contribution in [3.05, 3.63) is 59.7 Å². The molecular formula is C17H17NO3. The Labute approximate surface area is 123 Å². The molecule has 0 bridgehead atoms. The van der Waals surface area contributed by atoms with Crippen molar-refractivity contribution in [2.75, 3.05) is 12.4 Å². The van der Waals surface area contributed by atoms with Gasteiger partial charge in [-0.05, 0) is 42.8 Å². The highest BCUT2D eigenvalue weighted by Gasteiger charge is 2.12. The van der Waals surface area contributed by atoms with Gasteiger partial charge in [0.15, 0.2) is 5.78 Å². The molecule has 0 aliphatic rings. The molecular weight excluding hydrogens is 266 g/mol. The molecule has 2 rings (SSSR count). The topological polar surface area (TPSA) is 55.4 Å². The number of ketones is 1. The van der Waals surface area contributed by atoms with Crippen molar-refractivity contribution < 1.29 is 14.3 Å². The minimum atomic E-state index is -0.315. The molecule has 1 amide bonds. The van der Waals surface area contributed by atoms with Gasteiger partial charge in [-0.25, -0.2) is 0 Å². The predicted octanol–water partition coefficient (Wildman–Crippen LogP) is 3.22. The van der Waals surface area contributed by atoms with Crippen molar-refractivity contribution in [1.29, 1.82) is 0 Å². The lowest BCUT2D eigenvalue weighted by atomic mass is 10.1. The number of hydrogen-bond donors (Lipinski definition) is 1. The first kappa shape index (κ1) is 14.8. The van der Waals surface area contributed by atoms with Gasteiger partial charge in [-0.1, -0.05) is 18.2 Å². The Balaban J connectivity index is 1.98. The number of aryl methyl sites for hydroxylation is 1. The number of amides is 1. The van der Waals surface area contributed by atoms with Crippen LogP contribution in [0.25, 0.3) is 0 Å². The van der Waals surface area contributed by atoms with Crippen LogP contribution in [0.4, 0.5) is 5.69 Å². The van der Waals surface area contributed by atoms with E-state index in [2.05, 4.69) is 5.32 Å². The lowest BCUT2D eigenvalue weighted by Crippen LogP contribution is -2.17. The fraction of sp³-hybridized carbons (Fsp3) is 0.176. The van der Waals surface area contributed by atoms with Crippen LogP contribution in [0.1, 0.15) is 22.3 Å². The summed E-state index contributed by atoms with van der Waals surface area (Å²) < 4.78 is 5.03.